The number of rotatable bonds is 6. The van der Waals surface area contributed by atoms with Crippen molar-refractivity contribution in [3.05, 3.63) is 48.0 Å². The molecule has 0 radical (unpaired) electrons. The first-order chi connectivity index (χ1) is 10.3. The molecule has 0 amide bonds. The van der Waals surface area contributed by atoms with Gasteiger partial charge in [-0.1, -0.05) is 30.3 Å². The predicted octanol–water partition coefficient (Wildman–Crippen LogP) is 2.40. The smallest absolute Gasteiger partial charge is 0.191 e. The molecule has 0 unspecified atom stereocenters. The Morgan fingerprint density at radius 1 is 1.32 bits per heavy atom. The molecule has 122 valence electrons. The van der Waals surface area contributed by atoms with Gasteiger partial charge in [0.15, 0.2) is 5.96 Å². The van der Waals surface area contributed by atoms with Crippen molar-refractivity contribution in [3.8, 4) is 0 Å². The lowest BCUT2D eigenvalue weighted by Crippen LogP contribution is -2.39. The van der Waals surface area contributed by atoms with Crippen LogP contribution in [0.1, 0.15) is 17.5 Å². The van der Waals surface area contributed by atoms with Crippen molar-refractivity contribution in [2.45, 2.75) is 19.4 Å². The summed E-state index contributed by atoms with van der Waals surface area (Å²) >= 11 is 0. The predicted molar refractivity (Wildman–Crippen MR) is 105 cm³/mol. The van der Waals surface area contributed by atoms with E-state index in [1.165, 1.54) is 24.1 Å². The third-order valence-corrected chi connectivity index (χ3v) is 3.79. The van der Waals surface area contributed by atoms with Crippen LogP contribution in [0.15, 0.2) is 41.9 Å². The summed E-state index contributed by atoms with van der Waals surface area (Å²) in [6.07, 6.45) is 4.13. The van der Waals surface area contributed by atoms with Gasteiger partial charge in [-0.05, 0) is 24.0 Å². The highest BCUT2D eigenvalue weighted by molar-refractivity contribution is 14.0. The lowest BCUT2D eigenvalue weighted by atomic mass is 10.00. The van der Waals surface area contributed by atoms with E-state index in [1.807, 2.05) is 6.08 Å². The fourth-order valence-corrected chi connectivity index (χ4v) is 2.64. The van der Waals surface area contributed by atoms with Gasteiger partial charge in [0.1, 0.15) is 0 Å². The maximum absolute atomic E-state index is 4.17. The third-order valence-electron chi connectivity index (χ3n) is 3.79. The Labute approximate surface area is 151 Å². The first-order valence-corrected chi connectivity index (χ1v) is 7.68. The number of fused-ring (bicyclic) bond motifs is 1. The Kier molecular flexibility index (Phi) is 9.15. The normalized spacial score (nSPS) is 14.7. The zero-order valence-electron chi connectivity index (χ0n) is 13.3. The number of hydrogen-bond donors (Lipinski definition) is 2. The zero-order valence-corrected chi connectivity index (χ0v) is 15.7. The number of guanidine groups is 1. The highest BCUT2D eigenvalue weighted by Crippen LogP contribution is 2.18. The summed E-state index contributed by atoms with van der Waals surface area (Å²) in [5, 5.41) is 6.51. The topological polar surface area (TPSA) is 39.7 Å². The highest BCUT2D eigenvalue weighted by atomic mass is 127. The Balaban J connectivity index is 0.00000242. The molecule has 2 N–H and O–H groups in total. The molecule has 5 heteroatoms. The molecule has 4 nitrogen and oxygen atoms in total. The molecule has 1 aliphatic heterocycles. The van der Waals surface area contributed by atoms with E-state index in [2.05, 4.69) is 51.4 Å². The number of hydrogen-bond acceptors (Lipinski definition) is 2. The zero-order chi connectivity index (χ0) is 14.9. The first-order valence-electron chi connectivity index (χ1n) is 7.68. The molecule has 2 rings (SSSR count). The van der Waals surface area contributed by atoms with Crippen molar-refractivity contribution < 1.29 is 0 Å². The lowest BCUT2D eigenvalue weighted by molar-refractivity contribution is 0.251. The van der Waals surface area contributed by atoms with Crippen molar-refractivity contribution in [2.75, 3.05) is 33.2 Å². The van der Waals surface area contributed by atoms with Crippen LogP contribution in [0.3, 0.4) is 0 Å². The van der Waals surface area contributed by atoms with Crippen LogP contribution in [-0.4, -0.2) is 44.1 Å². The van der Waals surface area contributed by atoms with Gasteiger partial charge >= 0.3 is 0 Å². The van der Waals surface area contributed by atoms with E-state index < -0.39 is 0 Å². The van der Waals surface area contributed by atoms with Crippen LogP contribution in [0.25, 0.3) is 0 Å². The van der Waals surface area contributed by atoms with Gasteiger partial charge in [0.25, 0.3) is 0 Å². The second kappa shape index (κ2) is 10.6. The average Bonchev–Trinajstić information content (AvgIpc) is 2.54. The molecular weight excluding hydrogens is 387 g/mol. The van der Waals surface area contributed by atoms with Crippen molar-refractivity contribution in [1.82, 2.24) is 15.5 Å². The van der Waals surface area contributed by atoms with Crippen LogP contribution >= 0.6 is 24.0 Å². The van der Waals surface area contributed by atoms with Gasteiger partial charge in [-0.15, -0.1) is 30.6 Å². The van der Waals surface area contributed by atoms with Crippen molar-refractivity contribution in [2.24, 2.45) is 4.99 Å². The van der Waals surface area contributed by atoms with E-state index >= 15 is 0 Å². The highest BCUT2D eigenvalue weighted by Gasteiger charge is 2.14. The molecule has 0 saturated carbocycles. The summed E-state index contributed by atoms with van der Waals surface area (Å²) in [5.41, 5.74) is 3.00. The Hall–Kier alpha value is -1.08. The largest absolute Gasteiger partial charge is 0.356 e. The molecule has 1 aromatic carbocycles. The third kappa shape index (κ3) is 5.96. The summed E-state index contributed by atoms with van der Waals surface area (Å²) < 4.78 is 0. The van der Waals surface area contributed by atoms with E-state index in [9.17, 15) is 0 Å². The summed E-state index contributed by atoms with van der Waals surface area (Å²) in [6, 6.07) is 8.78. The number of benzene rings is 1. The van der Waals surface area contributed by atoms with E-state index in [-0.39, 0.29) is 24.0 Å². The van der Waals surface area contributed by atoms with Crippen molar-refractivity contribution >= 4 is 29.9 Å². The molecule has 0 atom stereocenters. The van der Waals surface area contributed by atoms with Crippen LogP contribution in [0.4, 0.5) is 0 Å². The molecule has 1 aromatic rings. The first kappa shape index (κ1) is 19.0. The SMILES string of the molecule is C=CCNC(=NC)NCCCN1CCc2ccccc2C1.I. The molecule has 0 aromatic heterocycles. The van der Waals surface area contributed by atoms with Gasteiger partial charge in [0, 0.05) is 39.8 Å². The summed E-state index contributed by atoms with van der Waals surface area (Å²) in [5.74, 6) is 0.846. The van der Waals surface area contributed by atoms with Gasteiger partial charge in [0.2, 0.25) is 0 Å². The second-order valence-electron chi connectivity index (χ2n) is 5.32. The number of nitrogens with zero attached hydrogens (tertiary/aromatic N) is 2. The lowest BCUT2D eigenvalue weighted by Gasteiger charge is -2.28. The molecular formula is C17H27IN4. The van der Waals surface area contributed by atoms with Gasteiger partial charge < -0.3 is 10.6 Å². The minimum Gasteiger partial charge on any atom is -0.356 e. The minimum absolute atomic E-state index is 0. The second-order valence-corrected chi connectivity index (χ2v) is 5.32. The Morgan fingerprint density at radius 2 is 2.09 bits per heavy atom. The number of aliphatic imine (C=N–C) groups is 1. The maximum atomic E-state index is 4.17. The van der Waals surface area contributed by atoms with E-state index in [0.29, 0.717) is 0 Å². The molecule has 0 fully saturated rings. The molecule has 0 saturated heterocycles. The van der Waals surface area contributed by atoms with Crippen molar-refractivity contribution in [3.63, 3.8) is 0 Å². The van der Waals surface area contributed by atoms with Gasteiger partial charge in [-0.2, -0.15) is 0 Å². The quantitative estimate of drug-likeness (QED) is 0.247. The van der Waals surface area contributed by atoms with E-state index in [1.54, 1.807) is 7.05 Å². The van der Waals surface area contributed by atoms with Crippen LogP contribution in [0.2, 0.25) is 0 Å². The molecule has 0 bridgehead atoms. The summed E-state index contributed by atoms with van der Waals surface area (Å²) in [6.45, 7) is 8.74. The molecule has 1 aliphatic rings. The molecule has 0 aliphatic carbocycles. The Morgan fingerprint density at radius 3 is 2.82 bits per heavy atom. The number of halogens is 1. The van der Waals surface area contributed by atoms with Crippen LogP contribution in [-0.2, 0) is 13.0 Å². The summed E-state index contributed by atoms with van der Waals surface area (Å²) in [7, 11) is 1.79. The van der Waals surface area contributed by atoms with E-state index in [0.717, 1.165) is 38.6 Å². The van der Waals surface area contributed by atoms with Crippen LogP contribution in [0.5, 0.6) is 0 Å². The molecule has 1 heterocycles. The molecule has 0 spiro atoms. The summed E-state index contributed by atoms with van der Waals surface area (Å²) in [4.78, 5) is 6.70. The van der Waals surface area contributed by atoms with Gasteiger partial charge in [0.05, 0.1) is 0 Å². The fraction of sp³-hybridized carbons (Fsp3) is 0.471. The number of nitrogens with one attached hydrogen (secondary N) is 2. The molecule has 22 heavy (non-hydrogen) atoms. The average molecular weight is 414 g/mol. The van der Waals surface area contributed by atoms with E-state index in [4.69, 9.17) is 0 Å². The fourth-order valence-electron chi connectivity index (χ4n) is 2.64. The Bertz CT molecular complexity index is 487. The standard InChI is InChI=1S/C17H26N4.HI/c1-3-10-19-17(18-2)20-11-6-12-21-13-9-15-7-4-5-8-16(15)14-21;/h3-5,7-8H,1,6,9-14H2,2H3,(H2,18,19,20);1H. The monoisotopic (exact) mass is 414 g/mol. The van der Waals surface area contributed by atoms with Crippen LogP contribution in [0, 0.1) is 0 Å². The minimum atomic E-state index is 0. The van der Waals surface area contributed by atoms with Gasteiger partial charge in [-0.25, -0.2) is 0 Å². The van der Waals surface area contributed by atoms with Crippen molar-refractivity contribution in [1.29, 1.82) is 0 Å². The van der Waals surface area contributed by atoms with Gasteiger partial charge in [-0.3, -0.25) is 9.89 Å². The van der Waals surface area contributed by atoms with Crippen LogP contribution < -0.4 is 10.6 Å². The maximum Gasteiger partial charge on any atom is 0.191 e.